The molecule has 1 heteroatoms. The molecular weight excluding hydrogens is 343 g/mol. The van der Waals surface area contributed by atoms with E-state index in [0.29, 0.717) is 0 Å². The molecule has 0 amide bonds. The Morgan fingerprint density at radius 3 is 1.67 bits per heavy atom. The lowest BCUT2D eigenvalue weighted by atomic mass is 10.2. The monoisotopic (exact) mass is 375 g/mol. The van der Waals surface area contributed by atoms with E-state index in [1.54, 1.807) is 5.30 Å². The zero-order valence-electron chi connectivity index (χ0n) is 16.8. The Kier molecular flexibility index (Phi) is 7.25. The van der Waals surface area contributed by atoms with Crippen LogP contribution in [0.25, 0.3) is 0 Å². The third-order valence-electron chi connectivity index (χ3n) is 5.52. The summed E-state index contributed by atoms with van der Waals surface area (Å²) < 4.78 is 0. The van der Waals surface area contributed by atoms with Crippen molar-refractivity contribution < 1.29 is 0 Å². The van der Waals surface area contributed by atoms with Gasteiger partial charge in [0.25, 0.3) is 0 Å². The van der Waals surface area contributed by atoms with Gasteiger partial charge in [-0.1, -0.05) is 80.8 Å². The zero-order valence-corrected chi connectivity index (χ0v) is 17.7. The van der Waals surface area contributed by atoms with E-state index in [9.17, 15) is 0 Å². The molecule has 27 heavy (non-hydrogen) atoms. The van der Waals surface area contributed by atoms with Gasteiger partial charge < -0.3 is 0 Å². The fraction of sp³-hybridized carbons (Fsp3) is 0.308. The second kappa shape index (κ2) is 9.86. The van der Waals surface area contributed by atoms with Crippen LogP contribution in [-0.4, -0.2) is 6.16 Å². The summed E-state index contributed by atoms with van der Waals surface area (Å²) in [6, 6.07) is 31.6. The van der Waals surface area contributed by atoms with E-state index in [-0.39, 0.29) is 0 Å². The molecular formula is C26H32P+. The first-order chi connectivity index (χ1) is 13.3. The van der Waals surface area contributed by atoms with Crippen LogP contribution in [0.2, 0.25) is 0 Å². The van der Waals surface area contributed by atoms with E-state index < -0.39 is 7.26 Å². The van der Waals surface area contributed by atoms with E-state index in [2.05, 4.69) is 98.8 Å². The molecule has 0 unspecified atom stereocenters. The highest BCUT2D eigenvalue weighted by atomic mass is 31.2. The summed E-state index contributed by atoms with van der Waals surface area (Å²) in [6.07, 6.45) is 7.90. The van der Waals surface area contributed by atoms with Crippen molar-refractivity contribution >= 4 is 23.2 Å². The molecule has 0 saturated carbocycles. The van der Waals surface area contributed by atoms with Crippen molar-refractivity contribution in [3.63, 3.8) is 0 Å². The summed E-state index contributed by atoms with van der Waals surface area (Å²) in [6.45, 7) is 4.58. The van der Waals surface area contributed by atoms with Gasteiger partial charge >= 0.3 is 0 Å². The van der Waals surface area contributed by atoms with E-state index >= 15 is 0 Å². The van der Waals surface area contributed by atoms with Crippen LogP contribution in [0.3, 0.4) is 0 Å². The molecule has 140 valence electrons. The maximum absolute atomic E-state index is 2.38. The Morgan fingerprint density at radius 2 is 1.11 bits per heavy atom. The Morgan fingerprint density at radius 1 is 0.593 bits per heavy atom. The van der Waals surface area contributed by atoms with Gasteiger partial charge in [0.15, 0.2) is 0 Å². The third-order valence-corrected chi connectivity index (χ3v) is 10.2. The topological polar surface area (TPSA) is 0 Å². The maximum atomic E-state index is 2.38. The Balaban J connectivity index is 2.12. The van der Waals surface area contributed by atoms with Crippen LogP contribution < -0.4 is 15.9 Å². The second-order valence-corrected chi connectivity index (χ2v) is 11.0. The summed E-state index contributed by atoms with van der Waals surface area (Å²) >= 11 is 0. The van der Waals surface area contributed by atoms with E-state index in [0.717, 1.165) is 0 Å². The van der Waals surface area contributed by atoms with Gasteiger partial charge in [0, 0.05) is 0 Å². The predicted molar refractivity (Wildman–Crippen MR) is 124 cm³/mol. The van der Waals surface area contributed by atoms with Crippen molar-refractivity contribution in [2.75, 3.05) is 6.16 Å². The number of unbranched alkanes of at least 4 members (excludes halogenated alkanes) is 4. The quantitative estimate of drug-likeness (QED) is 0.306. The van der Waals surface area contributed by atoms with Crippen LogP contribution in [0.5, 0.6) is 0 Å². The maximum Gasteiger partial charge on any atom is 0.112 e. The SMILES string of the molecule is CCCCCCC[P+](c1ccccc1)(c1ccccc1)c1ccccc1C. The number of hydrogen-bond donors (Lipinski definition) is 0. The molecule has 0 spiro atoms. The normalized spacial score (nSPS) is 11.5. The minimum atomic E-state index is -1.64. The highest BCUT2D eigenvalue weighted by Gasteiger charge is 2.45. The Labute approximate surface area is 166 Å². The molecule has 0 nitrogen and oxygen atoms in total. The molecule has 0 aromatic heterocycles. The summed E-state index contributed by atoms with van der Waals surface area (Å²) in [5.74, 6) is 0. The van der Waals surface area contributed by atoms with Crippen LogP contribution in [0, 0.1) is 6.92 Å². The molecule has 0 aliphatic rings. The zero-order chi connectivity index (χ0) is 19.0. The molecule has 3 rings (SSSR count). The molecule has 0 atom stereocenters. The second-order valence-electron chi connectivity index (χ2n) is 7.41. The molecule has 0 N–H and O–H groups in total. The largest absolute Gasteiger partial charge is 0.112 e. The first-order valence-electron chi connectivity index (χ1n) is 10.3. The molecule has 0 heterocycles. The molecule has 0 saturated heterocycles. The smallest absolute Gasteiger partial charge is 0.0654 e. The first kappa shape index (κ1) is 19.8. The average Bonchev–Trinajstić information content (AvgIpc) is 2.73. The van der Waals surface area contributed by atoms with Gasteiger partial charge in [-0.15, -0.1) is 0 Å². The van der Waals surface area contributed by atoms with E-state index in [4.69, 9.17) is 0 Å². The Bertz CT molecular complexity index is 768. The lowest BCUT2D eigenvalue weighted by Crippen LogP contribution is -2.34. The molecule has 0 aliphatic carbocycles. The van der Waals surface area contributed by atoms with Crippen molar-refractivity contribution in [3.8, 4) is 0 Å². The van der Waals surface area contributed by atoms with Gasteiger partial charge in [-0.05, 0) is 55.7 Å². The van der Waals surface area contributed by atoms with Gasteiger partial charge in [-0.3, -0.25) is 0 Å². The van der Waals surface area contributed by atoms with Crippen molar-refractivity contribution in [2.24, 2.45) is 0 Å². The van der Waals surface area contributed by atoms with Crippen LogP contribution in [0.1, 0.15) is 44.6 Å². The van der Waals surface area contributed by atoms with Gasteiger partial charge in [-0.25, -0.2) is 0 Å². The molecule has 3 aromatic rings. The summed E-state index contributed by atoms with van der Waals surface area (Å²) in [5, 5.41) is 4.58. The van der Waals surface area contributed by atoms with Crippen LogP contribution in [0.15, 0.2) is 84.9 Å². The highest BCUT2D eigenvalue weighted by molar-refractivity contribution is 7.95. The Hall–Kier alpha value is -1.91. The summed E-state index contributed by atoms with van der Waals surface area (Å²) in [4.78, 5) is 0. The van der Waals surface area contributed by atoms with Crippen molar-refractivity contribution in [1.82, 2.24) is 0 Å². The predicted octanol–water partition coefficient (Wildman–Crippen LogP) is 6.26. The van der Waals surface area contributed by atoms with Crippen molar-refractivity contribution in [1.29, 1.82) is 0 Å². The van der Waals surface area contributed by atoms with Gasteiger partial charge in [-0.2, -0.15) is 0 Å². The minimum absolute atomic E-state index is 1.26. The molecule has 0 radical (unpaired) electrons. The van der Waals surface area contributed by atoms with Crippen LogP contribution in [-0.2, 0) is 0 Å². The molecule has 3 aromatic carbocycles. The standard InChI is InChI=1S/C26H32P/c1-3-4-5-6-15-22-27(24-17-9-7-10-18-24,25-19-11-8-12-20-25)26-21-14-13-16-23(26)2/h7-14,16-21H,3-6,15,22H2,1-2H3/q+1. The fourth-order valence-corrected chi connectivity index (χ4v) is 8.80. The van der Waals surface area contributed by atoms with Gasteiger partial charge in [0.05, 0.1) is 6.16 Å². The number of hydrogen-bond acceptors (Lipinski definition) is 0. The van der Waals surface area contributed by atoms with Crippen molar-refractivity contribution in [2.45, 2.75) is 46.0 Å². The highest BCUT2D eigenvalue weighted by Crippen LogP contribution is 2.56. The third kappa shape index (κ3) is 4.50. The van der Waals surface area contributed by atoms with Gasteiger partial charge in [0.1, 0.15) is 23.2 Å². The summed E-state index contributed by atoms with van der Waals surface area (Å²) in [5.41, 5.74) is 1.42. The first-order valence-corrected chi connectivity index (χ1v) is 12.3. The minimum Gasteiger partial charge on any atom is -0.0654 e. The molecule has 0 fully saturated rings. The molecule has 0 aliphatic heterocycles. The van der Waals surface area contributed by atoms with E-state index in [1.165, 1.54) is 54.4 Å². The fourth-order valence-electron chi connectivity index (χ4n) is 4.12. The van der Waals surface area contributed by atoms with Gasteiger partial charge in [0.2, 0.25) is 0 Å². The van der Waals surface area contributed by atoms with E-state index in [1.807, 2.05) is 0 Å². The van der Waals surface area contributed by atoms with Crippen LogP contribution in [0.4, 0.5) is 0 Å². The summed E-state index contributed by atoms with van der Waals surface area (Å²) in [7, 11) is -1.64. The number of benzene rings is 3. The molecule has 0 bridgehead atoms. The van der Waals surface area contributed by atoms with Crippen LogP contribution >= 0.6 is 7.26 Å². The average molecular weight is 376 g/mol. The lowest BCUT2D eigenvalue weighted by molar-refractivity contribution is 0.658. The number of rotatable bonds is 9. The van der Waals surface area contributed by atoms with Crippen molar-refractivity contribution in [3.05, 3.63) is 90.5 Å². The number of aryl methyl sites for hydroxylation is 1. The lowest BCUT2D eigenvalue weighted by Gasteiger charge is -2.29.